The van der Waals surface area contributed by atoms with E-state index in [0.717, 1.165) is 31.4 Å². The van der Waals surface area contributed by atoms with E-state index in [1.54, 1.807) is 7.11 Å². The van der Waals surface area contributed by atoms with Crippen molar-refractivity contribution in [3.05, 3.63) is 10.4 Å². The minimum atomic E-state index is -0.628. The fraction of sp³-hybridized carbons (Fsp3) is 0.947. The SMILES string of the molecule is CCCCOCCC(OC(C)=O)C(OCCCC)C(N=[N+]=[N-])C(OC)SCC. The number of hydrogen-bond acceptors (Lipinski definition) is 7. The average molecular weight is 420 g/mol. The second-order valence-corrected chi connectivity index (χ2v) is 7.72. The molecule has 0 aromatic rings. The summed E-state index contributed by atoms with van der Waals surface area (Å²) in [5.74, 6) is 0.384. The average Bonchev–Trinajstić information content (AvgIpc) is 2.67. The second kappa shape index (κ2) is 18.1. The summed E-state index contributed by atoms with van der Waals surface area (Å²) in [6.45, 7) is 9.13. The molecule has 0 heterocycles. The molecule has 0 aromatic heterocycles. The van der Waals surface area contributed by atoms with Gasteiger partial charge in [0, 0.05) is 38.6 Å². The zero-order valence-electron chi connectivity index (χ0n) is 18.0. The van der Waals surface area contributed by atoms with Gasteiger partial charge in [-0.1, -0.05) is 38.7 Å². The van der Waals surface area contributed by atoms with Gasteiger partial charge in [0.05, 0.1) is 6.61 Å². The lowest BCUT2D eigenvalue weighted by Crippen LogP contribution is -2.47. The van der Waals surface area contributed by atoms with Crippen LogP contribution in [0.1, 0.15) is 59.8 Å². The first-order chi connectivity index (χ1) is 13.5. The standard InChI is InChI=1S/C19H37N3O5S/c1-6-9-12-25-14-11-16(27-15(4)23)18(26-13-10-7-2)17(21-22-20)19(24-5)28-8-3/h16-19H,6-14H2,1-5H3. The van der Waals surface area contributed by atoms with Crippen LogP contribution in [0.2, 0.25) is 0 Å². The van der Waals surface area contributed by atoms with Crippen molar-refractivity contribution in [3.8, 4) is 0 Å². The first kappa shape index (κ1) is 27.0. The number of hydrogen-bond donors (Lipinski definition) is 0. The molecule has 0 bridgehead atoms. The second-order valence-electron chi connectivity index (χ2n) is 6.35. The molecular formula is C19H37N3O5S. The molecule has 0 rings (SSSR count). The molecule has 0 spiro atoms. The number of ether oxygens (including phenoxy) is 4. The van der Waals surface area contributed by atoms with Crippen molar-refractivity contribution >= 4 is 17.7 Å². The summed E-state index contributed by atoms with van der Waals surface area (Å²) < 4.78 is 22.8. The molecule has 0 aliphatic rings. The van der Waals surface area contributed by atoms with Gasteiger partial charge in [0.1, 0.15) is 23.7 Å². The van der Waals surface area contributed by atoms with Crippen molar-refractivity contribution in [1.29, 1.82) is 0 Å². The maximum absolute atomic E-state index is 11.7. The third kappa shape index (κ3) is 11.8. The van der Waals surface area contributed by atoms with E-state index < -0.39 is 29.7 Å². The van der Waals surface area contributed by atoms with Crippen LogP contribution in [0.4, 0.5) is 0 Å². The van der Waals surface area contributed by atoms with E-state index in [1.807, 2.05) is 6.92 Å². The Kier molecular flexibility index (Phi) is 17.4. The maximum atomic E-state index is 11.7. The molecule has 0 fully saturated rings. The van der Waals surface area contributed by atoms with Gasteiger partial charge < -0.3 is 18.9 Å². The van der Waals surface area contributed by atoms with Crippen molar-refractivity contribution in [3.63, 3.8) is 0 Å². The molecule has 0 N–H and O–H groups in total. The van der Waals surface area contributed by atoms with Crippen LogP contribution in [0.3, 0.4) is 0 Å². The zero-order valence-corrected chi connectivity index (χ0v) is 18.8. The minimum Gasteiger partial charge on any atom is -0.460 e. The molecule has 28 heavy (non-hydrogen) atoms. The highest BCUT2D eigenvalue weighted by Gasteiger charge is 2.37. The molecule has 8 nitrogen and oxygen atoms in total. The zero-order chi connectivity index (χ0) is 21.2. The van der Waals surface area contributed by atoms with Crippen LogP contribution in [-0.4, -0.2) is 62.3 Å². The van der Waals surface area contributed by atoms with Gasteiger partial charge in [0.25, 0.3) is 0 Å². The Morgan fingerprint density at radius 2 is 1.82 bits per heavy atom. The summed E-state index contributed by atoms with van der Waals surface area (Å²) in [5.41, 5.74) is 8.72. The largest absolute Gasteiger partial charge is 0.460 e. The van der Waals surface area contributed by atoms with E-state index in [2.05, 4.69) is 23.9 Å². The van der Waals surface area contributed by atoms with Crippen molar-refractivity contribution < 1.29 is 23.7 Å². The van der Waals surface area contributed by atoms with Crippen molar-refractivity contribution in [2.24, 2.45) is 5.11 Å². The van der Waals surface area contributed by atoms with Crippen LogP contribution >= 0.6 is 11.8 Å². The van der Waals surface area contributed by atoms with E-state index in [4.69, 9.17) is 24.5 Å². The normalized spacial score (nSPS) is 15.3. The van der Waals surface area contributed by atoms with E-state index in [9.17, 15) is 4.79 Å². The lowest BCUT2D eigenvalue weighted by Gasteiger charge is -2.34. The first-order valence-electron chi connectivity index (χ1n) is 10.1. The number of carbonyl (C=O) groups is 1. The number of thioether (sulfide) groups is 1. The van der Waals surface area contributed by atoms with Gasteiger partial charge in [-0.2, -0.15) is 0 Å². The van der Waals surface area contributed by atoms with E-state index in [1.165, 1.54) is 18.7 Å². The highest BCUT2D eigenvalue weighted by molar-refractivity contribution is 7.99. The molecule has 0 amide bonds. The Hall–Kier alpha value is -0.990. The number of unbranched alkanes of at least 4 members (excludes halogenated alkanes) is 2. The number of methoxy groups -OCH3 is 1. The van der Waals surface area contributed by atoms with E-state index in [0.29, 0.717) is 26.2 Å². The van der Waals surface area contributed by atoms with E-state index >= 15 is 0 Å². The Balaban J connectivity index is 5.47. The van der Waals surface area contributed by atoms with Crippen LogP contribution in [0, 0.1) is 0 Å². The van der Waals surface area contributed by atoms with Crippen molar-refractivity contribution in [1.82, 2.24) is 0 Å². The summed E-state index contributed by atoms with van der Waals surface area (Å²) in [7, 11) is 1.57. The summed E-state index contributed by atoms with van der Waals surface area (Å²) >= 11 is 1.52. The monoisotopic (exact) mass is 419 g/mol. The lowest BCUT2D eigenvalue weighted by atomic mass is 10.0. The Bertz CT molecular complexity index is 449. The number of carbonyl (C=O) groups excluding carboxylic acids is 1. The molecule has 0 aromatic carbocycles. The predicted octanol–water partition coefficient (Wildman–Crippen LogP) is 4.71. The quantitative estimate of drug-likeness (QED) is 0.0795. The Morgan fingerprint density at radius 1 is 1.14 bits per heavy atom. The fourth-order valence-electron chi connectivity index (χ4n) is 2.65. The first-order valence-corrected chi connectivity index (χ1v) is 11.2. The molecule has 9 heteroatoms. The number of rotatable bonds is 18. The van der Waals surface area contributed by atoms with Crippen LogP contribution in [0.25, 0.3) is 10.4 Å². The Labute approximate surface area is 173 Å². The van der Waals surface area contributed by atoms with Gasteiger partial charge in [0.15, 0.2) is 0 Å². The smallest absolute Gasteiger partial charge is 0.302 e. The number of nitrogens with zero attached hydrogens (tertiary/aromatic N) is 3. The van der Waals surface area contributed by atoms with Gasteiger partial charge in [-0.05, 0) is 24.1 Å². The van der Waals surface area contributed by atoms with Gasteiger partial charge >= 0.3 is 5.97 Å². The molecular weight excluding hydrogens is 382 g/mol. The van der Waals surface area contributed by atoms with Gasteiger partial charge in [-0.15, -0.1) is 11.8 Å². The summed E-state index contributed by atoms with van der Waals surface area (Å²) in [5, 5.41) is 3.96. The molecule has 0 aliphatic carbocycles. The van der Waals surface area contributed by atoms with Crippen molar-refractivity contribution in [2.75, 3.05) is 32.7 Å². The molecule has 0 saturated carbocycles. The third-order valence-electron chi connectivity index (χ3n) is 4.04. The van der Waals surface area contributed by atoms with Crippen LogP contribution in [-0.2, 0) is 23.7 Å². The van der Waals surface area contributed by atoms with Gasteiger partial charge in [-0.3, -0.25) is 4.79 Å². The molecule has 4 unspecified atom stereocenters. The lowest BCUT2D eigenvalue weighted by molar-refractivity contribution is -0.159. The highest BCUT2D eigenvalue weighted by atomic mass is 32.2. The van der Waals surface area contributed by atoms with Gasteiger partial charge in [0.2, 0.25) is 0 Å². The summed E-state index contributed by atoms with van der Waals surface area (Å²) in [6, 6.07) is -0.628. The topological polar surface area (TPSA) is 103 Å². The molecule has 0 saturated heterocycles. The third-order valence-corrected chi connectivity index (χ3v) is 5.18. The number of azide groups is 1. The molecule has 0 radical (unpaired) electrons. The van der Waals surface area contributed by atoms with Gasteiger partial charge in [-0.25, -0.2) is 0 Å². The van der Waals surface area contributed by atoms with Crippen LogP contribution in [0.5, 0.6) is 0 Å². The molecule has 164 valence electrons. The maximum Gasteiger partial charge on any atom is 0.302 e. The molecule has 0 aliphatic heterocycles. The number of esters is 1. The van der Waals surface area contributed by atoms with Crippen LogP contribution in [0.15, 0.2) is 5.11 Å². The van der Waals surface area contributed by atoms with Crippen molar-refractivity contribution in [2.45, 2.75) is 83.5 Å². The fourth-order valence-corrected chi connectivity index (χ4v) is 3.52. The van der Waals surface area contributed by atoms with E-state index in [-0.39, 0.29) is 0 Å². The van der Waals surface area contributed by atoms with Crippen LogP contribution < -0.4 is 0 Å². The summed E-state index contributed by atoms with van der Waals surface area (Å²) in [6.07, 6.45) is 3.14. The molecule has 4 atom stereocenters. The minimum absolute atomic E-state index is 0.397. The predicted molar refractivity (Wildman–Crippen MR) is 112 cm³/mol. The summed E-state index contributed by atoms with van der Waals surface area (Å²) in [4.78, 5) is 14.7. The Morgan fingerprint density at radius 3 is 2.36 bits per heavy atom. The highest BCUT2D eigenvalue weighted by Crippen LogP contribution is 2.26.